The zero-order chi connectivity index (χ0) is 22.4. The molecule has 10 heteroatoms. The molecule has 8 nitrogen and oxygen atoms in total. The van der Waals surface area contributed by atoms with Gasteiger partial charge in [0.05, 0.1) is 5.71 Å². The molecular formula is C21H20ClN5O3S. The molecule has 1 aliphatic rings. The molecule has 1 heterocycles. The molecule has 3 N–H and O–H groups in total. The van der Waals surface area contributed by atoms with Crippen LogP contribution in [-0.4, -0.2) is 33.9 Å². The lowest BCUT2D eigenvalue weighted by molar-refractivity contribution is -0.122. The van der Waals surface area contributed by atoms with E-state index in [-0.39, 0.29) is 24.1 Å². The van der Waals surface area contributed by atoms with Crippen LogP contribution in [0.25, 0.3) is 0 Å². The fourth-order valence-corrected chi connectivity index (χ4v) is 3.75. The number of carbonyl (C=O) groups excluding carboxylic acids is 3. The van der Waals surface area contributed by atoms with Gasteiger partial charge in [-0.15, -0.1) is 5.10 Å². The molecule has 1 aliphatic heterocycles. The van der Waals surface area contributed by atoms with E-state index in [0.29, 0.717) is 27.3 Å². The number of nitrogens with one attached hydrogen (secondary N) is 3. The highest BCUT2D eigenvalue weighted by molar-refractivity contribution is 8.15. The first kappa shape index (κ1) is 22.5. The van der Waals surface area contributed by atoms with Crippen LogP contribution >= 0.6 is 23.4 Å². The quantitative estimate of drug-likeness (QED) is 0.454. The number of carbonyl (C=O) groups is 3. The summed E-state index contributed by atoms with van der Waals surface area (Å²) in [7, 11) is 0. The van der Waals surface area contributed by atoms with Crippen molar-refractivity contribution >= 4 is 63.3 Å². The van der Waals surface area contributed by atoms with Crippen molar-refractivity contribution in [3.05, 3.63) is 59.1 Å². The lowest BCUT2D eigenvalue weighted by Crippen LogP contribution is -2.28. The molecular weight excluding hydrogens is 438 g/mol. The number of thioether (sulfide) groups is 1. The van der Waals surface area contributed by atoms with Gasteiger partial charge in [0.1, 0.15) is 5.25 Å². The van der Waals surface area contributed by atoms with Crippen LogP contribution < -0.4 is 16.0 Å². The molecule has 0 bridgehead atoms. The average molecular weight is 458 g/mol. The van der Waals surface area contributed by atoms with E-state index in [1.54, 1.807) is 49.4 Å². The second-order valence-corrected chi connectivity index (χ2v) is 8.34. The molecule has 0 radical (unpaired) electrons. The van der Waals surface area contributed by atoms with Crippen molar-refractivity contribution < 1.29 is 14.4 Å². The first-order valence-electron chi connectivity index (χ1n) is 9.33. The summed E-state index contributed by atoms with van der Waals surface area (Å²) in [6, 6.07) is 13.9. The van der Waals surface area contributed by atoms with Crippen molar-refractivity contribution in [1.29, 1.82) is 0 Å². The number of hydrogen-bond acceptors (Lipinski definition) is 6. The van der Waals surface area contributed by atoms with Crippen LogP contribution in [0.1, 0.15) is 25.8 Å². The Kier molecular flexibility index (Phi) is 7.43. The number of amides is 3. The van der Waals surface area contributed by atoms with E-state index in [1.165, 1.54) is 6.92 Å². The van der Waals surface area contributed by atoms with Gasteiger partial charge in [-0.05, 0) is 48.9 Å². The highest BCUT2D eigenvalue weighted by Gasteiger charge is 2.32. The van der Waals surface area contributed by atoms with Gasteiger partial charge in [-0.25, -0.2) is 0 Å². The van der Waals surface area contributed by atoms with E-state index in [1.807, 2.05) is 6.07 Å². The molecule has 0 spiro atoms. The van der Waals surface area contributed by atoms with E-state index in [4.69, 9.17) is 11.6 Å². The molecule has 3 rings (SSSR count). The minimum absolute atomic E-state index is 0.000393. The Bertz CT molecular complexity index is 1070. The summed E-state index contributed by atoms with van der Waals surface area (Å²) in [5.41, 5.74) is 2.65. The molecule has 2 aromatic carbocycles. The second kappa shape index (κ2) is 10.2. The summed E-state index contributed by atoms with van der Waals surface area (Å²) in [6.07, 6.45) is -0.000393. The fourth-order valence-electron chi connectivity index (χ4n) is 2.70. The maximum Gasteiger partial charge on any atom is 0.240 e. The molecule has 31 heavy (non-hydrogen) atoms. The summed E-state index contributed by atoms with van der Waals surface area (Å²) in [5, 5.41) is 16.6. The van der Waals surface area contributed by atoms with Crippen LogP contribution in [0.3, 0.4) is 0 Å². The van der Waals surface area contributed by atoms with E-state index < -0.39 is 5.25 Å². The minimum atomic E-state index is -0.593. The number of nitrogens with zero attached hydrogens (tertiary/aromatic N) is 2. The largest absolute Gasteiger partial charge is 0.326 e. The van der Waals surface area contributed by atoms with Gasteiger partial charge < -0.3 is 16.0 Å². The van der Waals surface area contributed by atoms with Crippen molar-refractivity contribution in [2.75, 3.05) is 10.6 Å². The molecule has 0 saturated carbocycles. The first-order valence-corrected chi connectivity index (χ1v) is 10.6. The third kappa shape index (κ3) is 6.66. The molecule has 0 aliphatic carbocycles. The maximum atomic E-state index is 12.2. The number of hydrogen-bond donors (Lipinski definition) is 3. The monoisotopic (exact) mass is 457 g/mol. The predicted molar refractivity (Wildman–Crippen MR) is 125 cm³/mol. The molecule has 0 aromatic heterocycles. The van der Waals surface area contributed by atoms with Crippen LogP contribution in [0, 0.1) is 0 Å². The standard InChI is InChI=1S/C21H20ClN5O3S/c1-12(14-4-3-5-17(10-14)23-13(2)28)26-27-21-25-20(30)18(31-21)11-19(29)24-16-8-6-15(22)7-9-16/h3-10,18H,11H2,1-2H3,(H,23,28)(H,24,29)(H,25,27,30)/b26-12+. The average Bonchev–Trinajstić information content (AvgIpc) is 3.06. The van der Waals surface area contributed by atoms with Gasteiger partial charge in [0.15, 0.2) is 5.17 Å². The number of amidine groups is 1. The summed E-state index contributed by atoms with van der Waals surface area (Å²) in [4.78, 5) is 35.6. The van der Waals surface area contributed by atoms with Gasteiger partial charge in [0, 0.05) is 29.7 Å². The van der Waals surface area contributed by atoms with Crippen LogP contribution in [-0.2, 0) is 14.4 Å². The summed E-state index contributed by atoms with van der Waals surface area (Å²) in [5.74, 6) is -0.746. The highest BCUT2D eigenvalue weighted by atomic mass is 35.5. The zero-order valence-electron chi connectivity index (χ0n) is 16.8. The van der Waals surface area contributed by atoms with E-state index in [9.17, 15) is 14.4 Å². The lowest BCUT2D eigenvalue weighted by Gasteiger charge is -2.07. The van der Waals surface area contributed by atoms with Gasteiger partial charge in [0.25, 0.3) is 0 Å². The number of benzene rings is 2. The van der Waals surface area contributed by atoms with Gasteiger partial charge in [0.2, 0.25) is 17.7 Å². The van der Waals surface area contributed by atoms with Crippen molar-refractivity contribution in [3.8, 4) is 0 Å². The Morgan fingerprint density at radius 1 is 1.10 bits per heavy atom. The van der Waals surface area contributed by atoms with Gasteiger partial charge in [-0.3, -0.25) is 14.4 Å². The maximum absolute atomic E-state index is 12.2. The van der Waals surface area contributed by atoms with Crippen molar-refractivity contribution in [1.82, 2.24) is 5.32 Å². The zero-order valence-corrected chi connectivity index (χ0v) is 18.4. The molecule has 3 amide bonds. The SMILES string of the molecule is CC(=O)Nc1cccc(/C(C)=N/N=C2\NC(=O)C(CC(=O)Nc3ccc(Cl)cc3)S2)c1. The second-order valence-electron chi connectivity index (χ2n) is 6.71. The van der Waals surface area contributed by atoms with Gasteiger partial charge in [-0.1, -0.05) is 35.5 Å². The van der Waals surface area contributed by atoms with Crippen LogP contribution in [0.15, 0.2) is 58.7 Å². The Labute approximate surface area is 188 Å². The molecule has 1 unspecified atom stereocenters. The number of anilines is 2. The topological polar surface area (TPSA) is 112 Å². The van der Waals surface area contributed by atoms with Gasteiger partial charge >= 0.3 is 0 Å². The summed E-state index contributed by atoms with van der Waals surface area (Å²) < 4.78 is 0. The Balaban J connectivity index is 1.60. The summed E-state index contributed by atoms with van der Waals surface area (Å²) in [6.45, 7) is 3.21. The van der Waals surface area contributed by atoms with E-state index >= 15 is 0 Å². The molecule has 1 fully saturated rings. The molecule has 160 valence electrons. The lowest BCUT2D eigenvalue weighted by atomic mass is 10.1. The summed E-state index contributed by atoms with van der Waals surface area (Å²) >= 11 is 6.98. The molecule has 1 atom stereocenters. The van der Waals surface area contributed by atoms with Crippen molar-refractivity contribution in [3.63, 3.8) is 0 Å². The third-order valence-corrected chi connectivity index (χ3v) is 5.49. The highest BCUT2D eigenvalue weighted by Crippen LogP contribution is 2.23. The minimum Gasteiger partial charge on any atom is -0.326 e. The molecule has 2 aromatic rings. The number of rotatable bonds is 6. The normalized spacial score (nSPS) is 17.4. The fraction of sp³-hybridized carbons (Fsp3) is 0.190. The third-order valence-electron chi connectivity index (χ3n) is 4.17. The van der Waals surface area contributed by atoms with Crippen molar-refractivity contribution in [2.45, 2.75) is 25.5 Å². The van der Waals surface area contributed by atoms with E-state index in [2.05, 4.69) is 26.2 Å². The number of halogens is 1. The van der Waals surface area contributed by atoms with Crippen LogP contribution in [0.5, 0.6) is 0 Å². The molecule has 1 saturated heterocycles. The van der Waals surface area contributed by atoms with E-state index in [0.717, 1.165) is 17.3 Å². The van der Waals surface area contributed by atoms with Crippen LogP contribution in [0.4, 0.5) is 11.4 Å². The first-order chi connectivity index (χ1) is 14.8. The predicted octanol–water partition coefficient (Wildman–Crippen LogP) is 3.64. The van der Waals surface area contributed by atoms with Crippen molar-refractivity contribution in [2.24, 2.45) is 10.2 Å². The van der Waals surface area contributed by atoms with Crippen LogP contribution in [0.2, 0.25) is 5.02 Å². The Morgan fingerprint density at radius 3 is 2.55 bits per heavy atom. The Hall–Kier alpha value is -3.17. The van der Waals surface area contributed by atoms with Gasteiger partial charge in [-0.2, -0.15) is 5.10 Å². The Morgan fingerprint density at radius 2 is 1.84 bits per heavy atom. The smallest absolute Gasteiger partial charge is 0.240 e.